The van der Waals surface area contributed by atoms with Crippen LogP contribution in [0.2, 0.25) is 0 Å². The van der Waals surface area contributed by atoms with Crippen LogP contribution in [0.1, 0.15) is 0 Å². The van der Waals surface area contributed by atoms with E-state index in [0.29, 0.717) is 0 Å². The third-order valence-corrected chi connectivity index (χ3v) is 15.4. The van der Waals surface area contributed by atoms with Gasteiger partial charge in [0, 0.05) is 0 Å². The zero-order valence-electron chi connectivity index (χ0n) is 19.3. The third-order valence-electron chi connectivity index (χ3n) is 6.29. The maximum atomic E-state index is 7.71. The van der Waals surface area contributed by atoms with Crippen molar-refractivity contribution in [3.8, 4) is 0 Å². The predicted molar refractivity (Wildman–Crippen MR) is 150 cm³/mol. The number of rotatable bonds is 8. The Kier molecular flexibility index (Phi) is 7.04. The van der Waals surface area contributed by atoms with Crippen molar-refractivity contribution >= 4 is 53.3 Å². The summed E-state index contributed by atoms with van der Waals surface area (Å²) in [4.78, 5) is 0. The van der Waals surface area contributed by atoms with Crippen LogP contribution in [0.3, 0.4) is 0 Å². The topological polar surface area (TPSA) is 18.5 Å². The first-order chi connectivity index (χ1) is 17.3. The molecule has 0 N–H and O–H groups in total. The Morgan fingerprint density at radius 1 is 0.371 bits per heavy atom. The maximum Gasteiger partial charge on any atom is 0.386 e. The zero-order valence-corrected chi connectivity index (χ0v) is 22.3. The van der Waals surface area contributed by atoms with Gasteiger partial charge in [0.25, 0.3) is 8.32 Å². The first-order valence-electron chi connectivity index (χ1n) is 11.6. The van der Waals surface area contributed by atoms with E-state index in [-0.39, 0.29) is 0 Å². The molecule has 0 aliphatic heterocycles. The van der Waals surface area contributed by atoms with Gasteiger partial charge in [-0.25, -0.2) is 0 Å². The first-order valence-corrected chi connectivity index (χ1v) is 15.8. The molecule has 0 saturated carbocycles. The zero-order chi connectivity index (χ0) is 24.0. The van der Waals surface area contributed by atoms with Crippen LogP contribution in [0.25, 0.3) is 0 Å². The highest BCUT2D eigenvalue weighted by atomic mass is 28.5. The van der Waals surface area contributed by atoms with Crippen LogP contribution < -0.4 is 25.9 Å². The monoisotopic (exact) mass is 501 g/mol. The van der Waals surface area contributed by atoms with E-state index in [9.17, 15) is 0 Å². The molecule has 0 heterocycles. The highest BCUT2D eigenvalue weighted by molar-refractivity contribution is 7.13. The van der Waals surface area contributed by atoms with Crippen molar-refractivity contribution in [1.29, 1.82) is 0 Å². The van der Waals surface area contributed by atoms with Crippen molar-refractivity contribution in [2.45, 2.75) is 0 Å². The molecule has 0 amide bonds. The second-order valence-corrected chi connectivity index (χ2v) is 15.4. The minimum absolute atomic E-state index is 1.04. The van der Waals surface area contributed by atoms with Crippen molar-refractivity contribution in [3.05, 3.63) is 152 Å². The van der Waals surface area contributed by atoms with Gasteiger partial charge in [0.1, 0.15) is 0 Å². The van der Waals surface area contributed by atoms with Crippen LogP contribution >= 0.6 is 0 Å². The van der Waals surface area contributed by atoms with Crippen LogP contribution in [-0.2, 0) is 8.23 Å². The lowest BCUT2D eigenvalue weighted by Crippen LogP contribution is -2.78. The minimum atomic E-state index is -3.23. The number of hydrogen-bond donors (Lipinski definition) is 0. The Morgan fingerprint density at radius 3 is 0.886 bits per heavy atom. The molecule has 0 spiro atoms. The van der Waals surface area contributed by atoms with Crippen LogP contribution in [0.4, 0.5) is 0 Å². The van der Waals surface area contributed by atoms with Crippen molar-refractivity contribution in [2.24, 2.45) is 0 Å². The molecule has 0 aromatic heterocycles. The van der Waals surface area contributed by atoms with Crippen molar-refractivity contribution in [2.75, 3.05) is 0 Å². The molecule has 5 rings (SSSR count). The summed E-state index contributed by atoms with van der Waals surface area (Å²) in [5, 5.41) is 5.60. The van der Waals surface area contributed by atoms with Crippen LogP contribution in [0.15, 0.2) is 152 Å². The molecule has 3 radical (unpaired) electrons. The van der Waals surface area contributed by atoms with Gasteiger partial charge >= 0.3 is 8.56 Å². The molecule has 0 bridgehead atoms. The molecule has 5 aromatic rings. The molecule has 0 aliphatic rings. The number of benzene rings is 5. The Morgan fingerprint density at radius 2 is 0.629 bits per heavy atom. The van der Waals surface area contributed by atoms with Crippen LogP contribution in [-0.4, -0.2) is 27.4 Å². The van der Waals surface area contributed by atoms with E-state index in [0.717, 1.165) is 10.4 Å². The highest BCUT2D eigenvalue weighted by Gasteiger charge is 2.52. The molecular weight excluding hydrogens is 477 g/mol. The standard InChI is InChI=1S/C30H25O2Si3/c33-31-35(29-22-12-4-13-23-29,30-24-14-5-15-25-30)32-34(26-16-6-1-7-17-26,27-18-8-2-9-19-27)28-20-10-3-11-21-28/h1-25H. The SMILES string of the molecule is [Si]O[Si](O[Si](c1ccccc1)(c1ccccc1)c1ccccc1)(c1ccccc1)c1ccccc1. The molecule has 5 heteroatoms. The Hall–Kier alpha value is -3.33. The molecule has 5 aromatic carbocycles. The van der Waals surface area contributed by atoms with E-state index in [2.05, 4.69) is 126 Å². The Balaban J connectivity index is 1.86. The summed E-state index contributed by atoms with van der Waals surface area (Å²) < 4.78 is 14.1. The summed E-state index contributed by atoms with van der Waals surface area (Å²) in [7, 11) is -2.73. The van der Waals surface area contributed by atoms with Gasteiger partial charge in [0.2, 0.25) is 10.5 Å². The van der Waals surface area contributed by atoms with Gasteiger partial charge < -0.3 is 8.23 Å². The van der Waals surface area contributed by atoms with E-state index in [1.807, 2.05) is 36.4 Å². The smallest absolute Gasteiger partial charge is 0.386 e. The van der Waals surface area contributed by atoms with Crippen LogP contribution in [0.5, 0.6) is 0 Å². The number of hydrogen-bond acceptors (Lipinski definition) is 2. The fourth-order valence-electron chi connectivity index (χ4n) is 4.65. The van der Waals surface area contributed by atoms with Gasteiger partial charge in [-0.3, -0.25) is 0 Å². The fourth-order valence-corrected chi connectivity index (χ4v) is 14.8. The summed E-state index contributed by atoms with van der Waals surface area (Å²) in [6, 6.07) is 52.5. The maximum absolute atomic E-state index is 7.71. The predicted octanol–water partition coefficient (Wildman–Crippen LogP) is 3.03. The molecule has 0 aliphatic carbocycles. The summed E-state index contributed by atoms with van der Waals surface area (Å²) >= 11 is 0. The summed E-state index contributed by atoms with van der Waals surface area (Å²) in [6.07, 6.45) is 0. The van der Waals surface area contributed by atoms with Gasteiger partial charge in [0.15, 0.2) is 0 Å². The molecular formula is C30H25O2Si3. The molecule has 0 saturated heterocycles. The average molecular weight is 502 g/mol. The van der Waals surface area contributed by atoms with E-state index >= 15 is 0 Å². The van der Waals surface area contributed by atoms with Gasteiger partial charge in [-0.15, -0.1) is 0 Å². The van der Waals surface area contributed by atoms with Crippen LogP contribution in [0, 0.1) is 0 Å². The quantitative estimate of drug-likeness (QED) is 0.240. The van der Waals surface area contributed by atoms with Crippen molar-refractivity contribution in [3.63, 3.8) is 0 Å². The fraction of sp³-hybridized carbons (Fsp3) is 0. The van der Waals surface area contributed by atoms with Crippen molar-refractivity contribution < 1.29 is 8.23 Å². The molecule has 35 heavy (non-hydrogen) atoms. The van der Waals surface area contributed by atoms with Crippen molar-refractivity contribution in [1.82, 2.24) is 0 Å². The largest absolute Gasteiger partial charge is 0.430 e. The second-order valence-electron chi connectivity index (χ2n) is 8.33. The third kappa shape index (κ3) is 4.40. The summed E-state index contributed by atoms with van der Waals surface area (Å²) in [6.45, 7) is 0. The molecule has 169 valence electrons. The Bertz CT molecular complexity index is 1200. The van der Waals surface area contributed by atoms with E-state index in [1.54, 1.807) is 0 Å². The lowest BCUT2D eigenvalue weighted by Gasteiger charge is -2.42. The summed E-state index contributed by atoms with van der Waals surface area (Å²) in [5.74, 6) is 0. The van der Waals surface area contributed by atoms with Gasteiger partial charge in [-0.05, 0) is 25.9 Å². The second kappa shape index (κ2) is 10.5. The van der Waals surface area contributed by atoms with Gasteiger partial charge in [-0.1, -0.05) is 152 Å². The average Bonchev–Trinajstić information content (AvgIpc) is 2.96. The summed E-state index contributed by atoms with van der Waals surface area (Å²) in [5.41, 5.74) is 0. The van der Waals surface area contributed by atoms with Gasteiger partial charge in [-0.2, -0.15) is 0 Å². The normalized spacial score (nSPS) is 11.8. The van der Waals surface area contributed by atoms with E-state index < -0.39 is 16.9 Å². The molecule has 0 unspecified atom stereocenters. The molecule has 2 nitrogen and oxygen atoms in total. The lowest BCUT2D eigenvalue weighted by molar-refractivity contribution is 0.447. The van der Waals surface area contributed by atoms with E-state index in [1.165, 1.54) is 15.6 Å². The molecule has 0 atom stereocenters. The Labute approximate surface area is 212 Å². The first kappa shape index (κ1) is 23.4. The van der Waals surface area contributed by atoms with Gasteiger partial charge in [0.05, 0.1) is 0 Å². The lowest BCUT2D eigenvalue weighted by atomic mass is 10.3. The minimum Gasteiger partial charge on any atom is -0.430 e. The molecule has 0 fully saturated rings. The van der Waals surface area contributed by atoms with E-state index in [4.69, 9.17) is 8.23 Å². The highest BCUT2D eigenvalue weighted by Crippen LogP contribution is 2.18.